The Hall–Kier alpha value is -2.24. The first-order valence-electron chi connectivity index (χ1n) is 24.3. The standard InChI is InChI=1S/C45H83N3O15P2/c1-35(2)26-22-18-14-10-7-5-6-8-12-17-21-25-29-41(50)61-37(32-58-40(49)28-24-20-16-13-9-11-15-19-23-27-36(3)4)33-59-64(54,55)63-65(56,57)60-34-38-42(51)43(52)44(62-38)48-31-30-39(46)47-45(48)53/h30-31,35-38,42-44,51-52H,5-29,32-34H2,1-4H3,(H,54,55)(H,56,57)(H2,46,47,53)/t37-,38-,42+,43?,44-/m1/s1. The van der Waals surface area contributed by atoms with Crippen LogP contribution < -0.4 is 11.4 Å². The molecular weight excluding hydrogens is 884 g/mol. The van der Waals surface area contributed by atoms with E-state index in [1.165, 1.54) is 95.7 Å². The van der Waals surface area contributed by atoms with Crippen molar-refractivity contribution in [3.8, 4) is 0 Å². The Morgan fingerprint density at radius 1 is 0.692 bits per heavy atom. The Kier molecular flexibility index (Phi) is 30.2. The molecule has 1 aromatic heterocycles. The molecule has 0 spiro atoms. The molecule has 0 bridgehead atoms. The number of anilines is 1. The van der Waals surface area contributed by atoms with Gasteiger partial charge in [0.1, 0.15) is 30.7 Å². The molecule has 65 heavy (non-hydrogen) atoms. The van der Waals surface area contributed by atoms with Crippen molar-refractivity contribution in [2.75, 3.05) is 25.6 Å². The van der Waals surface area contributed by atoms with Crippen LogP contribution in [0.2, 0.25) is 0 Å². The number of phosphoric ester groups is 2. The Balaban J connectivity index is 1.81. The summed E-state index contributed by atoms with van der Waals surface area (Å²) in [5, 5.41) is 20.9. The predicted molar refractivity (Wildman–Crippen MR) is 247 cm³/mol. The molecule has 1 aliphatic heterocycles. The van der Waals surface area contributed by atoms with Gasteiger partial charge in [0, 0.05) is 19.0 Å². The number of hydrogen-bond acceptors (Lipinski definition) is 15. The number of carbonyl (C=O) groups excluding carboxylic acids is 2. The average molecular weight is 968 g/mol. The molecule has 1 fully saturated rings. The van der Waals surface area contributed by atoms with Gasteiger partial charge in [0.15, 0.2) is 12.3 Å². The number of nitrogen functional groups attached to an aromatic ring is 1. The number of carbonyl (C=O) groups is 2. The Morgan fingerprint density at radius 3 is 1.62 bits per heavy atom. The van der Waals surface area contributed by atoms with E-state index in [-0.39, 0.29) is 18.7 Å². The molecule has 2 rings (SSSR count). The number of unbranched alkanes of at least 4 members (excludes halogenated alkanes) is 19. The molecule has 0 radical (unpaired) electrons. The minimum atomic E-state index is -5.41. The maximum atomic E-state index is 12.8. The van der Waals surface area contributed by atoms with Crippen LogP contribution in [0.5, 0.6) is 0 Å². The van der Waals surface area contributed by atoms with Gasteiger partial charge in [0.25, 0.3) is 0 Å². The summed E-state index contributed by atoms with van der Waals surface area (Å²) >= 11 is 0. The van der Waals surface area contributed by atoms with E-state index >= 15 is 0 Å². The SMILES string of the molecule is CC(C)CCCCCCCCCCCCCCC(=O)O[C@H](COC(=O)CCCCCCCCCCCC(C)C)COP(=O)(O)OP(=O)(O)OC[C@H]1O[C@@H](n2ccc(N)nc2=O)C(O)[C@H]1O. The summed E-state index contributed by atoms with van der Waals surface area (Å²) in [4.78, 5) is 61.8. The molecule has 6 N–H and O–H groups in total. The van der Waals surface area contributed by atoms with Crippen molar-refractivity contribution < 1.29 is 66.3 Å². The summed E-state index contributed by atoms with van der Waals surface area (Å²) in [6.45, 7) is 6.74. The van der Waals surface area contributed by atoms with E-state index in [4.69, 9.17) is 29.0 Å². The first-order valence-corrected chi connectivity index (χ1v) is 27.3. The van der Waals surface area contributed by atoms with Crippen LogP contribution in [0.15, 0.2) is 17.1 Å². The number of aromatic nitrogens is 2. The van der Waals surface area contributed by atoms with Crippen LogP contribution in [-0.2, 0) is 46.3 Å². The molecule has 20 heteroatoms. The zero-order valence-electron chi connectivity index (χ0n) is 39.6. The van der Waals surface area contributed by atoms with Crippen LogP contribution in [0.4, 0.5) is 5.82 Å². The van der Waals surface area contributed by atoms with Crippen LogP contribution in [0.3, 0.4) is 0 Å². The lowest BCUT2D eigenvalue weighted by molar-refractivity contribution is -0.161. The van der Waals surface area contributed by atoms with Crippen molar-refractivity contribution in [2.24, 2.45) is 11.8 Å². The Labute approximate surface area is 387 Å². The van der Waals surface area contributed by atoms with E-state index in [0.717, 1.165) is 67.8 Å². The van der Waals surface area contributed by atoms with E-state index in [0.29, 0.717) is 12.8 Å². The van der Waals surface area contributed by atoms with E-state index in [2.05, 4.69) is 37.0 Å². The molecule has 2 heterocycles. The van der Waals surface area contributed by atoms with Gasteiger partial charge in [-0.1, -0.05) is 163 Å². The normalized spacial score (nSPS) is 19.9. The van der Waals surface area contributed by atoms with Gasteiger partial charge in [-0.05, 0) is 30.7 Å². The lowest BCUT2D eigenvalue weighted by atomic mass is 10.0. The van der Waals surface area contributed by atoms with Crippen molar-refractivity contribution >= 4 is 33.4 Å². The molecule has 1 aliphatic rings. The molecule has 1 saturated heterocycles. The number of nitrogens with zero attached hydrogens (tertiary/aromatic N) is 2. The largest absolute Gasteiger partial charge is 0.481 e. The van der Waals surface area contributed by atoms with Crippen molar-refractivity contribution in [2.45, 2.75) is 219 Å². The molecule has 1 aromatic rings. The van der Waals surface area contributed by atoms with Gasteiger partial charge < -0.3 is 39.9 Å². The number of ether oxygens (including phenoxy) is 3. The molecule has 7 atom stereocenters. The van der Waals surface area contributed by atoms with E-state index in [9.17, 15) is 43.5 Å². The second kappa shape index (κ2) is 33.3. The lowest BCUT2D eigenvalue weighted by Gasteiger charge is -2.21. The number of hydrogen-bond donors (Lipinski definition) is 5. The number of nitrogens with two attached hydrogens (primary N) is 1. The van der Waals surface area contributed by atoms with Crippen LogP contribution in [0.25, 0.3) is 0 Å². The molecule has 0 aliphatic carbocycles. The minimum absolute atomic E-state index is 0.0558. The number of rotatable bonds is 39. The van der Waals surface area contributed by atoms with E-state index < -0.39 is 83.7 Å². The summed E-state index contributed by atoms with van der Waals surface area (Å²) in [5.74, 6) is 0.231. The molecule has 0 aromatic carbocycles. The number of aliphatic hydroxyl groups is 2. The van der Waals surface area contributed by atoms with Gasteiger partial charge >= 0.3 is 33.3 Å². The maximum absolute atomic E-state index is 12.8. The van der Waals surface area contributed by atoms with Crippen molar-refractivity contribution in [1.82, 2.24) is 9.55 Å². The topological polar surface area (TPSA) is 265 Å². The summed E-state index contributed by atoms with van der Waals surface area (Å²) < 4.78 is 56.7. The highest BCUT2D eigenvalue weighted by molar-refractivity contribution is 7.61. The second-order valence-electron chi connectivity index (χ2n) is 18.3. The summed E-state index contributed by atoms with van der Waals surface area (Å²) in [6, 6.07) is 1.25. The third-order valence-electron chi connectivity index (χ3n) is 11.3. The molecule has 0 saturated carbocycles. The Morgan fingerprint density at radius 2 is 1.14 bits per heavy atom. The molecular formula is C45H83N3O15P2. The average Bonchev–Trinajstić information content (AvgIpc) is 3.51. The molecule has 0 amide bonds. The van der Waals surface area contributed by atoms with Crippen LogP contribution in [-0.4, -0.2) is 85.7 Å². The van der Waals surface area contributed by atoms with Crippen LogP contribution in [0.1, 0.15) is 194 Å². The zero-order valence-corrected chi connectivity index (χ0v) is 41.4. The lowest BCUT2D eigenvalue weighted by Crippen LogP contribution is -2.36. The second-order valence-corrected chi connectivity index (χ2v) is 21.3. The van der Waals surface area contributed by atoms with Crippen LogP contribution >= 0.6 is 15.6 Å². The van der Waals surface area contributed by atoms with Gasteiger partial charge in [0.2, 0.25) is 0 Å². The summed E-state index contributed by atoms with van der Waals surface area (Å²) in [6.07, 6.45) is 19.3. The third kappa shape index (κ3) is 28.0. The fourth-order valence-electron chi connectivity index (χ4n) is 7.51. The highest BCUT2D eigenvalue weighted by atomic mass is 31.3. The molecule has 18 nitrogen and oxygen atoms in total. The minimum Gasteiger partial charge on any atom is -0.462 e. The monoisotopic (exact) mass is 968 g/mol. The fraction of sp³-hybridized carbons (Fsp3) is 0.867. The van der Waals surface area contributed by atoms with Crippen molar-refractivity contribution in [3.05, 3.63) is 22.7 Å². The number of phosphoric acid groups is 2. The van der Waals surface area contributed by atoms with Gasteiger partial charge in [0.05, 0.1) is 13.2 Å². The van der Waals surface area contributed by atoms with Crippen molar-refractivity contribution in [3.63, 3.8) is 0 Å². The van der Waals surface area contributed by atoms with Gasteiger partial charge in [-0.3, -0.25) is 23.2 Å². The van der Waals surface area contributed by atoms with Gasteiger partial charge in [-0.25, -0.2) is 13.9 Å². The van der Waals surface area contributed by atoms with Gasteiger partial charge in [-0.15, -0.1) is 0 Å². The van der Waals surface area contributed by atoms with E-state index in [1.807, 2.05) is 0 Å². The fourth-order valence-corrected chi connectivity index (χ4v) is 9.62. The van der Waals surface area contributed by atoms with Crippen molar-refractivity contribution in [1.29, 1.82) is 0 Å². The summed E-state index contributed by atoms with van der Waals surface area (Å²) in [7, 11) is -10.8. The quantitative estimate of drug-likeness (QED) is 0.0234. The van der Waals surface area contributed by atoms with Crippen LogP contribution in [0, 0.1) is 11.8 Å². The maximum Gasteiger partial charge on any atom is 0.481 e. The Bertz CT molecular complexity index is 1620. The zero-order chi connectivity index (χ0) is 48.1. The highest BCUT2D eigenvalue weighted by Gasteiger charge is 2.46. The highest BCUT2D eigenvalue weighted by Crippen LogP contribution is 2.60. The predicted octanol–water partition coefficient (Wildman–Crippen LogP) is 9.21. The number of esters is 2. The first kappa shape index (κ1) is 58.9. The number of aliphatic hydroxyl groups excluding tert-OH is 2. The smallest absolute Gasteiger partial charge is 0.462 e. The van der Waals surface area contributed by atoms with Gasteiger partial charge in [-0.2, -0.15) is 9.29 Å². The molecule has 378 valence electrons. The summed E-state index contributed by atoms with van der Waals surface area (Å²) in [5.41, 5.74) is 4.59. The molecule has 3 unspecified atom stereocenters. The first-order chi connectivity index (χ1) is 30.9. The van der Waals surface area contributed by atoms with E-state index in [1.54, 1.807) is 0 Å². The third-order valence-corrected chi connectivity index (χ3v) is 13.9.